The molecule has 4 aliphatic rings. The zero-order valence-corrected chi connectivity index (χ0v) is 20.0. The van der Waals surface area contributed by atoms with Crippen molar-refractivity contribution in [3.63, 3.8) is 0 Å². The predicted molar refractivity (Wildman–Crippen MR) is 129 cm³/mol. The third-order valence-electron chi connectivity index (χ3n) is 7.73. The SMILES string of the molecule is CN=C(NC1CCN(c2ccc(C)cc2)C1)NC1C2CCOC2C12CCCC2.I. The minimum absolute atomic E-state index is 0. The van der Waals surface area contributed by atoms with Crippen molar-refractivity contribution in [1.29, 1.82) is 0 Å². The normalized spacial score (nSPS) is 32.6. The van der Waals surface area contributed by atoms with Gasteiger partial charge in [0.25, 0.3) is 0 Å². The molecular weight excluding hydrogens is 475 g/mol. The Bertz CT molecular complexity index is 731. The number of anilines is 1. The zero-order chi connectivity index (χ0) is 19.1. The summed E-state index contributed by atoms with van der Waals surface area (Å²) in [5, 5.41) is 7.56. The van der Waals surface area contributed by atoms with E-state index in [1.54, 1.807) is 0 Å². The summed E-state index contributed by atoms with van der Waals surface area (Å²) in [5.74, 6) is 1.65. The van der Waals surface area contributed by atoms with E-state index in [9.17, 15) is 0 Å². The first kappa shape index (κ1) is 21.2. The first-order valence-corrected chi connectivity index (χ1v) is 11.1. The van der Waals surface area contributed by atoms with Crippen LogP contribution in [0.2, 0.25) is 0 Å². The fraction of sp³-hybridized carbons (Fsp3) is 0.696. The van der Waals surface area contributed by atoms with Crippen molar-refractivity contribution in [2.24, 2.45) is 16.3 Å². The van der Waals surface area contributed by atoms with E-state index in [-0.39, 0.29) is 24.0 Å². The molecule has 2 N–H and O–H groups in total. The lowest BCUT2D eigenvalue weighted by Crippen LogP contribution is -2.69. The number of rotatable bonds is 3. The maximum atomic E-state index is 6.13. The van der Waals surface area contributed by atoms with Crippen LogP contribution >= 0.6 is 24.0 Å². The van der Waals surface area contributed by atoms with Gasteiger partial charge in [-0.25, -0.2) is 0 Å². The van der Waals surface area contributed by atoms with Gasteiger partial charge in [-0.15, -0.1) is 24.0 Å². The molecule has 2 saturated heterocycles. The number of hydrogen-bond acceptors (Lipinski definition) is 3. The Balaban J connectivity index is 0.00000205. The van der Waals surface area contributed by atoms with Gasteiger partial charge >= 0.3 is 0 Å². The van der Waals surface area contributed by atoms with Crippen LogP contribution in [-0.2, 0) is 4.74 Å². The molecule has 1 aromatic rings. The van der Waals surface area contributed by atoms with Crippen LogP contribution in [0.5, 0.6) is 0 Å². The number of aryl methyl sites for hydroxylation is 1. The Morgan fingerprint density at radius 2 is 1.90 bits per heavy atom. The third kappa shape index (κ3) is 3.75. The van der Waals surface area contributed by atoms with Crippen LogP contribution < -0.4 is 15.5 Å². The summed E-state index contributed by atoms with van der Waals surface area (Å²) in [6.45, 7) is 5.22. The molecule has 160 valence electrons. The number of aliphatic imine (C=N–C) groups is 1. The average molecular weight is 510 g/mol. The van der Waals surface area contributed by atoms with Gasteiger partial charge in [0.2, 0.25) is 0 Å². The number of nitrogens with one attached hydrogen (secondary N) is 2. The molecule has 1 aromatic carbocycles. The second-order valence-electron chi connectivity index (χ2n) is 9.29. The minimum Gasteiger partial charge on any atom is -0.377 e. The van der Waals surface area contributed by atoms with Crippen molar-refractivity contribution in [2.45, 2.75) is 63.6 Å². The molecule has 2 saturated carbocycles. The van der Waals surface area contributed by atoms with Gasteiger partial charge in [0, 0.05) is 55.8 Å². The van der Waals surface area contributed by atoms with E-state index in [0.29, 0.717) is 29.5 Å². The van der Waals surface area contributed by atoms with E-state index in [1.807, 2.05) is 7.05 Å². The number of ether oxygens (including phenoxy) is 1. The molecule has 6 heteroatoms. The third-order valence-corrected chi connectivity index (χ3v) is 7.73. The molecule has 5 nitrogen and oxygen atoms in total. The summed E-state index contributed by atoms with van der Waals surface area (Å²) in [6.07, 6.45) is 8.18. The van der Waals surface area contributed by atoms with Crippen LogP contribution in [0.15, 0.2) is 29.3 Å². The summed E-state index contributed by atoms with van der Waals surface area (Å²) < 4.78 is 6.13. The molecule has 4 fully saturated rings. The highest BCUT2D eigenvalue weighted by molar-refractivity contribution is 14.0. The molecule has 0 radical (unpaired) electrons. The zero-order valence-electron chi connectivity index (χ0n) is 17.7. The van der Waals surface area contributed by atoms with Crippen molar-refractivity contribution >= 4 is 35.6 Å². The average Bonchev–Trinajstić information content (AvgIpc) is 3.45. The molecule has 2 aliphatic carbocycles. The Hall–Kier alpha value is -1.02. The molecule has 0 bridgehead atoms. The van der Waals surface area contributed by atoms with Gasteiger partial charge in [0.1, 0.15) is 0 Å². The van der Waals surface area contributed by atoms with Gasteiger partial charge in [0.15, 0.2) is 5.96 Å². The van der Waals surface area contributed by atoms with Crippen LogP contribution in [0.4, 0.5) is 5.69 Å². The fourth-order valence-corrected chi connectivity index (χ4v) is 6.28. The van der Waals surface area contributed by atoms with E-state index in [4.69, 9.17) is 4.74 Å². The lowest BCUT2D eigenvalue weighted by atomic mass is 9.54. The number of fused-ring (bicyclic) bond motifs is 2. The van der Waals surface area contributed by atoms with E-state index in [1.165, 1.54) is 43.4 Å². The van der Waals surface area contributed by atoms with Crippen LogP contribution in [0.25, 0.3) is 0 Å². The molecule has 1 spiro atoms. The second kappa shape index (κ2) is 8.61. The van der Waals surface area contributed by atoms with Gasteiger partial charge in [-0.2, -0.15) is 0 Å². The smallest absolute Gasteiger partial charge is 0.191 e. The number of guanidine groups is 1. The van der Waals surface area contributed by atoms with Crippen molar-refractivity contribution < 1.29 is 4.74 Å². The van der Waals surface area contributed by atoms with Crippen LogP contribution in [-0.4, -0.2) is 50.9 Å². The summed E-state index contributed by atoms with van der Waals surface area (Å²) in [7, 11) is 1.91. The molecule has 0 amide bonds. The highest BCUT2D eigenvalue weighted by Gasteiger charge is 2.65. The first-order valence-electron chi connectivity index (χ1n) is 11.1. The minimum atomic E-state index is 0. The standard InChI is InChI=1S/C23H34N4O.HI/c1-16-5-7-18(8-6-16)27-13-9-17(15-27)25-22(24-2)26-20-19-10-14-28-21(19)23(20)11-3-4-12-23;/h5-8,17,19-21H,3-4,9-15H2,1-2H3,(H2,24,25,26);1H. The lowest BCUT2D eigenvalue weighted by Gasteiger charge is -2.57. The van der Waals surface area contributed by atoms with Crippen LogP contribution in [0.1, 0.15) is 44.1 Å². The Morgan fingerprint density at radius 3 is 2.62 bits per heavy atom. The lowest BCUT2D eigenvalue weighted by molar-refractivity contribution is -0.125. The Morgan fingerprint density at radius 1 is 1.14 bits per heavy atom. The Kier molecular flexibility index (Phi) is 6.30. The van der Waals surface area contributed by atoms with Gasteiger partial charge in [-0.1, -0.05) is 30.5 Å². The van der Waals surface area contributed by atoms with Gasteiger partial charge in [-0.05, 0) is 44.7 Å². The van der Waals surface area contributed by atoms with Gasteiger partial charge < -0.3 is 20.3 Å². The highest BCUT2D eigenvalue weighted by atomic mass is 127. The largest absolute Gasteiger partial charge is 0.377 e. The summed E-state index contributed by atoms with van der Waals surface area (Å²) in [5.41, 5.74) is 3.01. The number of halogens is 1. The van der Waals surface area contributed by atoms with Crippen molar-refractivity contribution in [2.75, 3.05) is 31.6 Å². The fourth-order valence-electron chi connectivity index (χ4n) is 6.28. The van der Waals surface area contributed by atoms with Crippen LogP contribution in [0.3, 0.4) is 0 Å². The van der Waals surface area contributed by atoms with Gasteiger partial charge in [0.05, 0.1) is 6.10 Å². The molecule has 0 aromatic heterocycles. The monoisotopic (exact) mass is 510 g/mol. The summed E-state index contributed by atoms with van der Waals surface area (Å²) in [6, 6.07) is 9.86. The first-order chi connectivity index (χ1) is 13.7. The molecule has 2 aliphatic heterocycles. The molecule has 29 heavy (non-hydrogen) atoms. The number of nitrogens with zero attached hydrogens (tertiary/aromatic N) is 2. The summed E-state index contributed by atoms with van der Waals surface area (Å²) >= 11 is 0. The van der Waals surface area contributed by atoms with Crippen molar-refractivity contribution in [3.8, 4) is 0 Å². The summed E-state index contributed by atoms with van der Waals surface area (Å²) in [4.78, 5) is 7.07. The maximum Gasteiger partial charge on any atom is 0.191 e. The molecule has 2 heterocycles. The molecule has 4 unspecified atom stereocenters. The van der Waals surface area contributed by atoms with E-state index >= 15 is 0 Å². The number of benzene rings is 1. The van der Waals surface area contributed by atoms with Crippen molar-refractivity contribution in [1.82, 2.24) is 10.6 Å². The Labute approximate surface area is 192 Å². The maximum absolute atomic E-state index is 6.13. The van der Waals surface area contributed by atoms with E-state index < -0.39 is 0 Å². The second-order valence-corrected chi connectivity index (χ2v) is 9.29. The quantitative estimate of drug-likeness (QED) is 0.370. The van der Waals surface area contributed by atoms with E-state index in [2.05, 4.69) is 51.7 Å². The topological polar surface area (TPSA) is 48.9 Å². The van der Waals surface area contributed by atoms with Crippen molar-refractivity contribution in [3.05, 3.63) is 29.8 Å². The number of hydrogen-bond donors (Lipinski definition) is 2. The molecular formula is C23H35IN4O. The highest BCUT2D eigenvalue weighted by Crippen LogP contribution is 2.60. The van der Waals surface area contributed by atoms with Gasteiger partial charge in [-0.3, -0.25) is 4.99 Å². The molecule has 4 atom stereocenters. The van der Waals surface area contributed by atoms with E-state index in [0.717, 1.165) is 32.1 Å². The molecule has 5 rings (SSSR count). The van der Waals surface area contributed by atoms with Crippen LogP contribution in [0, 0.1) is 18.3 Å². The predicted octanol–water partition coefficient (Wildman–Crippen LogP) is 3.70.